The molecule has 2 aromatic heterocycles. The molecule has 1 saturated heterocycles. The molecule has 0 atom stereocenters. The molecule has 6 fully saturated rings. The summed E-state index contributed by atoms with van der Waals surface area (Å²) in [6.07, 6.45) is 19.1. The van der Waals surface area contributed by atoms with E-state index in [-0.39, 0.29) is 34.9 Å². The van der Waals surface area contributed by atoms with E-state index in [1.165, 1.54) is 41.7 Å². The van der Waals surface area contributed by atoms with Crippen molar-refractivity contribution in [2.75, 3.05) is 31.6 Å². The van der Waals surface area contributed by atoms with Gasteiger partial charge in [0.2, 0.25) is 5.91 Å². The number of fused-ring (bicyclic) bond motifs is 3. The molecule has 0 unspecified atom stereocenters. The molecule has 5 aliphatic carbocycles. The number of β-amino-alcohol motifs (C(OH)–C–C–N with tert-alkyl or cyclic N) is 1. The number of amides is 2. The first-order valence-electron chi connectivity index (χ1n) is 19.3. The van der Waals surface area contributed by atoms with Gasteiger partial charge in [0, 0.05) is 30.4 Å². The predicted molar refractivity (Wildman–Crippen MR) is 195 cm³/mol. The average molecular weight is 696 g/mol. The van der Waals surface area contributed by atoms with Gasteiger partial charge in [-0.25, -0.2) is 9.78 Å². The van der Waals surface area contributed by atoms with Crippen molar-refractivity contribution in [1.29, 1.82) is 0 Å². The number of nitrogens with zero attached hydrogens (tertiary/aromatic N) is 5. The van der Waals surface area contributed by atoms with Crippen molar-refractivity contribution in [2.45, 2.75) is 120 Å². The molecule has 51 heavy (non-hydrogen) atoms. The Labute approximate surface area is 301 Å². The van der Waals surface area contributed by atoms with Crippen LogP contribution < -0.4 is 9.64 Å². The Balaban J connectivity index is 1.01. The molecule has 1 aromatic carbocycles. The van der Waals surface area contributed by atoms with Gasteiger partial charge in [-0.3, -0.25) is 14.4 Å². The lowest BCUT2D eigenvalue weighted by Gasteiger charge is -2.55. The van der Waals surface area contributed by atoms with E-state index in [2.05, 4.69) is 42.1 Å². The minimum Gasteiger partial charge on any atom is -0.496 e. The number of aliphatic hydroxyl groups excluding tert-OH is 1. The Hall–Kier alpha value is -3.92. The van der Waals surface area contributed by atoms with Gasteiger partial charge in [0.1, 0.15) is 17.7 Å². The van der Waals surface area contributed by atoms with E-state index < -0.39 is 6.10 Å². The first kappa shape index (κ1) is 34.2. The van der Waals surface area contributed by atoms with Gasteiger partial charge in [-0.2, -0.15) is 5.10 Å². The van der Waals surface area contributed by atoms with E-state index >= 15 is 0 Å². The Kier molecular flexibility index (Phi) is 9.32. The SMILES string of the molecule is COc1ccc(C23CCC(CN(c4cc(-c5cnn(C6CCCC6)c5)ccn4)C(=O)[C@H]4CC[C@H](OC(=O)N5CC(O)C5)CC4)(CC2)CC3)cc1C. The van der Waals surface area contributed by atoms with Gasteiger partial charge in [-0.05, 0) is 130 Å². The van der Waals surface area contributed by atoms with Crippen LogP contribution in [0.3, 0.4) is 0 Å². The first-order chi connectivity index (χ1) is 24.7. The van der Waals surface area contributed by atoms with Gasteiger partial charge < -0.3 is 19.5 Å². The molecule has 5 saturated carbocycles. The summed E-state index contributed by atoms with van der Waals surface area (Å²) in [5.41, 5.74) is 4.95. The van der Waals surface area contributed by atoms with Crippen molar-refractivity contribution >= 4 is 17.8 Å². The van der Waals surface area contributed by atoms with Crippen LogP contribution in [-0.2, 0) is 14.9 Å². The largest absolute Gasteiger partial charge is 0.496 e. The average Bonchev–Trinajstić information content (AvgIpc) is 3.87. The van der Waals surface area contributed by atoms with E-state index in [1.54, 1.807) is 7.11 Å². The molecule has 3 aromatic rings. The van der Waals surface area contributed by atoms with E-state index in [0.717, 1.165) is 61.2 Å². The molecule has 9 rings (SSSR count). The van der Waals surface area contributed by atoms with E-state index in [9.17, 15) is 14.7 Å². The molecule has 0 radical (unpaired) electrons. The summed E-state index contributed by atoms with van der Waals surface area (Å²) >= 11 is 0. The fourth-order valence-corrected chi connectivity index (χ4v) is 9.82. The van der Waals surface area contributed by atoms with Crippen molar-refractivity contribution in [3.63, 3.8) is 0 Å². The number of pyridine rings is 1. The summed E-state index contributed by atoms with van der Waals surface area (Å²) in [4.78, 5) is 35.6. The molecule has 272 valence electrons. The molecule has 1 N–H and O–H groups in total. The van der Waals surface area contributed by atoms with Crippen LogP contribution in [0.25, 0.3) is 11.1 Å². The lowest BCUT2D eigenvalue weighted by atomic mass is 9.51. The molecule has 2 bridgehead atoms. The Morgan fingerprint density at radius 2 is 1.67 bits per heavy atom. The van der Waals surface area contributed by atoms with E-state index in [0.29, 0.717) is 51.4 Å². The summed E-state index contributed by atoms with van der Waals surface area (Å²) in [5.74, 6) is 1.65. The minimum atomic E-state index is -0.455. The van der Waals surface area contributed by atoms with Crippen LogP contribution in [-0.4, -0.2) is 75.7 Å². The topological polar surface area (TPSA) is 110 Å². The normalized spacial score (nSPS) is 28.0. The van der Waals surface area contributed by atoms with Crippen molar-refractivity contribution in [2.24, 2.45) is 11.3 Å². The number of benzene rings is 1. The molecule has 10 heteroatoms. The number of carbonyl (C=O) groups is 2. The fourth-order valence-electron chi connectivity index (χ4n) is 9.82. The smallest absolute Gasteiger partial charge is 0.410 e. The third-order valence-electron chi connectivity index (χ3n) is 13.2. The number of aryl methyl sites for hydroxylation is 1. The van der Waals surface area contributed by atoms with Crippen molar-refractivity contribution in [3.05, 3.63) is 60.0 Å². The second-order valence-electron chi connectivity index (χ2n) is 16.4. The summed E-state index contributed by atoms with van der Waals surface area (Å²) < 4.78 is 13.5. The van der Waals surface area contributed by atoms with Crippen molar-refractivity contribution in [1.82, 2.24) is 19.7 Å². The van der Waals surface area contributed by atoms with E-state index in [4.69, 9.17) is 19.6 Å². The second-order valence-corrected chi connectivity index (χ2v) is 16.4. The monoisotopic (exact) mass is 695 g/mol. The molecule has 6 aliphatic rings. The Morgan fingerprint density at radius 3 is 2.33 bits per heavy atom. The van der Waals surface area contributed by atoms with Crippen molar-refractivity contribution < 1.29 is 24.2 Å². The predicted octanol–water partition coefficient (Wildman–Crippen LogP) is 7.37. The molecular weight excluding hydrogens is 642 g/mol. The van der Waals surface area contributed by atoms with Crippen LogP contribution in [0.1, 0.15) is 107 Å². The molecule has 3 heterocycles. The maximum Gasteiger partial charge on any atom is 0.410 e. The zero-order valence-electron chi connectivity index (χ0n) is 30.3. The highest BCUT2D eigenvalue weighted by atomic mass is 16.6. The molecular formula is C41H53N5O5. The van der Waals surface area contributed by atoms with Gasteiger partial charge in [-0.1, -0.05) is 25.0 Å². The maximum atomic E-state index is 14.7. The van der Waals surface area contributed by atoms with Crippen LogP contribution in [0.5, 0.6) is 5.75 Å². The highest BCUT2D eigenvalue weighted by Gasteiger charge is 2.51. The summed E-state index contributed by atoms with van der Waals surface area (Å²) in [6.45, 7) is 3.47. The number of ether oxygens (including phenoxy) is 2. The van der Waals surface area contributed by atoms with Gasteiger partial charge in [0.05, 0.1) is 38.5 Å². The van der Waals surface area contributed by atoms with Gasteiger partial charge in [0.15, 0.2) is 0 Å². The lowest BCUT2D eigenvalue weighted by molar-refractivity contribution is -0.124. The molecule has 10 nitrogen and oxygen atoms in total. The summed E-state index contributed by atoms with van der Waals surface area (Å²) in [5, 5.41) is 14.3. The lowest BCUT2D eigenvalue weighted by Crippen LogP contribution is -2.54. The number of rotatable bonds is 9. The molecule has 0 spiro atoms. The van der Waals surface area contributed by atoms with Crippen LogP contribution in [0.4, 0.5) is 10.6 Å². The standard InChI is InChI=1S/C41H53N5O5/c1-28-21-32(9-12-36(28)50-2)41-17-14-40(15-18-41,16-19-41)27-45(38(48)29-7-10-35(11-8-29)51-39(49)44-25-34(47)26-44)37-22-30(13-20-42-37)31-23-43-46(24-31)33-5-3-4-6-33/h9,12-13,20-24,29,33-35,47H,3-8,10-11,14-19,25-27H2,1-2H3/t29-,35-,40?,41?. The Bertz CT molecular complexity index is 1710. The van der Waals surface area contributed by atoms with Crippen LogP contribution >= 0.6 is 0 Å². The highest BCUT2D eigenvalue weighted by Crippen LogP contribution is 2.58. The maximum absolute atomic E-state index is 14.7. The summed E-state index contributed by atoms with van der Waals surface area (Å²) in [6, 6.07) is 11.3. The molecule has 1 aliphatic heterocycles. The van der Waals surface area contributed by atoms with Crippen LogP contribution in [0, 0.1) is 18.3 Å². The quantitative estimate of drug-likeness (QED) is 0.249. The number of aliphatic hydroxyl groups is 1. The zero-order chi connectivity index (χ0) is 35.2. The fraction of sp³-hybridized carbons (Fsp3) is 0.610. The number of aromatic nitrogens is 3. The first-order valence-corrected chi connectivity index (χ1v) is 19.3. The third-order valence-corrected chi connectivity index (χ3v) is 13.2. The third kappa shape index (κ3) is 6.76. The van der Waals surface area contributed by atoms with Crippen LogP contribution in [0.15, 0.2) is 48.9 Å². The van der Waals surface area contributed by atoms with Crippen molar-refractivity contribution in [3.8, 4) is 16.9 Å². The number of likely N-dealkylation sites (tertiary alicyclic amines) is 1. The number of hydrogen-bond donors (Lipinski definition) is 1. The minimum absolute atomic E-state index is 0.0541. The number of anilines is 1. The summed E-state index contributed by atoms with van der Waals surface area (Å²) in [7, 11) is 1.73. The highest BCUT2D eigenvalue weighted by molar-refractivity contribution is 5.95. The van der Waals surface area contributed by atoms with Gasteiger partial charge in [0.25, 0.3) is 0 Å². The van der Waals surface area contributed by atoms with E-state index in [1.807, 2.05) is 23.4 Å². The number of methoxy groups -OCH3 is 1. The Morgan fingerprint density at radius 1 is 0.941 bits per heavy atom. The van der Waals surface area contributed by atoms with Crippen LogP contribution in [0.2, 0.25) is 0 Å². The molecule has 2 amide bonds. The zero-order valence-corrected chi connectivity index (χ0v) is 30.3. The van der Waals surface area contributed by atoms with Gasteiger partial charge in [-0.15, -0.1) is 0 Å². The number of hydrogen-bond acceptors (Lipinski definition) is 7. The second kappa shape index (κ2) is 13.9. The number of carbonyl (C=O) groups excluding carboxylic acids is 2. The van der Waals surface area contributed by atoms with Gasteiger partial charge >= 0.3 is 6.09 Å².